The van der Waals surface area contributed by atoms with Crippen molar-refractivity contribution in [1.82, 2.24) is 4.90 Å². The van der Waals surface area contributed by atoms with Crippen molar-refractivity contribution >= 4 is 27.7 Å². The van der Waals surface area contributed by atoms with E-state index in [1.807, 2.05) is 0 Å². The number of halogens is 1. The Morgan fingerprint density at radius 1 is 1.09 bits per heavy atom. The first-order valence-electron chi connectivity index (χ1n) is 6.28. The molecule has 0 aromatic heterocycles. The van der Waals surface area contributed by atoms with Crippen molar-refractivity contribution in [3.8, 4) is 11.5 Å². The second-order valence-electron chi connectivity index (χ2n) is 4.51. The SMILES string of the molecule is COC(=O)C(=CN(C)C)C(=O)c1cc(Br)c(OC)cc1OC. The van der Waals surface area contributed by atoms with Gasteiger partial charge in [0, 0.05) is 26.4 Å². The zero-order chi connectivity index (χ0) is 16.9. The Balaban J connectivity index is 3.42. The molecule has 0 N–H and O–H groups in total. The van der Waals surface area contributed by atoms with Crippen molar-refractivity contribution in [1.29, 1.82) is 0 Å². The van der Waals surface area contributed by atoms with Gasteiger partial charge in [0.25, 0.3) is 0 Å². The molecule has 0 aliphatic rings. The lowest BCUT2D eigenvalue weighted by Crippen LogP contribution is -2.19. The number of Topliss-reactive ketones (excluding diaryl/α,β-unsaturated/α-hetero) is 1. The number of carbonyl (C=O) groups is 2. The maximum Gasteiger partial charge on any atom is 0.343 e. The number of nitrogens with zero attached hydrogens (tertiary/aromatic N) is 1. The number of benzene rings is 1. The van der Waals surface area contributed by atoms with Crippen LogP contribution in [0.4, 0.5) is 0 Å². The van der Waals surface area contributed by atoms with Crippen molar-refractivity contribution in [3.05, 3.63) is 33.9 Å². The monoisotopic (exact) mass is 371 g/mol. The zero-order valence-corrected chi connectivity index (χ0v) is 14.7. The molecule has 0 radical (unpaired) electrons. The summed E-state index contributed by atoms with van der Waals surface area (Å²) in [4.78, 5) is 26.1. The van der Waals surface area contributed by atoms with Gasteiger partial charge in [-0.15, -0.1) is 0 Å². The summed E-state index contributed by atoms with van der Waals surface area (Å²) in [5.74, 6) is -0.392. The molecule has 7 heteroatoms. The summed E-state index contributed by atoms with van der Waals surface area (Å²) in [6.45, 7) is 0. The smallest absolute Gasteiger partial charge is 0.343 e. The average molecular weight is 372 g/mol. The fraction of sp³-hybridized carbons (Fsp3) is 0.333. The Kier molecular flexibility index (Phi) is 6.42. The van der Waals surface area contributed by atoms with E-state index in [2.05, 4.69) is 20.7 Å². The van der Waals surface area contributed by atoms with Crippen LogP contribution in [0, 0.1) is 0 Å². The van der Waals surface area contributed by atoms with Gasteiger partial charge in [0.2, 0.25) is 5.78 Å². The van der Waals surface area contributed by atoms with Gasteiger partial charge in [-0.3, -0.25) is 4.79 Å². The van der Waals surface area contributed by atoms with Crippen LogP contribution in [0.15, 0.2) is 28.4 Å². The van der Waals surface area contributed by atoms with Crippen molar-refractivity contribution in [3.63, 3.8) is 0 Å². The van der Waals surface area contributed by atoms with Crippen LogP contribution < -0.4 is 9.47 Å². The van der Waals surface area contributed by atoms with E-state index in [0.717, 1.165) is 0 Å². The molecule has 6 nitrogen and oxygen atoms in total. The maximum absolute atomic E-state index is 12.7. The van der Waals surface area contributed by atoms with Crippen molar-refractivity contribution < 1.29 is 23.8 Å². The van der Waals surface area contributed by atoms with Gasteiger partial charge in [0.1, 0.15) is 17.1 Å². The molecule has 1 rings (SSSR count). The molecule has 0 fully saturated rings. The molecule has 0 saturated carbocycles. The highest BCUT2D eigenvalue weighted by Crippen LogP contribution is 2.34. The largest absolute Gasteiger partial charge is 0.496 e. The highest BCUT2D eigenvalue weighted by Gasteiger charge is 2.25. The van der Waals surface area contributed by atoms with E-state index >= 15 is 0 Å². The average Bonchev–Trinajstić information content (AvgIpc) is 2.50. The quantitative estimate of drug-likeness (QED) is 0.251. The summed E-state index contributed by atoms with van der Waals surface area (Å²) in [6.07, 6.45) is 1.41. The lowest BCUT2D eigenvalue weighted by molar-refractivity contribution is -0.135. The van der Waals surface area contributed by atoms with Gasteiger partial charge in [0.15, 0.2) is 0 Å². The summed E-state index contributed by atoms with van der Waals surface area (Å²) in [7, 11) is 7.58. The Bertz CT molecular complexity index is 610. The van der Waals surface area contributed by atoms with Gasteiger partial charge in [-0.2, -0.15) is 0 Å². The highest BCUT2D eigenvalue weighted by molar-refractivity contribution is 9.10. The second kappa shape index (κ2) is 7.84. The molecule has 0 bridgehead atoms. The van der Waals surface area contributed by atoms with Crippen molar-refractivity contribution in [2.75, 3.05) is 35.4 Å². The van der Waals surface area contributed by atoms with E-state index in [9.17, 15) is 9.59 Å². The minimum Gasteiger partial charge on any atom is -0.496 e. The zero-order valence-electron chi connectivity index (χ0n) is 13.1. The first kappa shape index (κ1) is 18.0. The molecule has 0 saturated heterocycles. The third-order valence-electron chi connectivity index (χ3n) is 2.76. The summed E-state index contributed by atoms with van der Waals surface area (Å²) in [6, 6.07) is 3.12. The summed E-state index contributed by atoms with van der Waals surface area (Å²) in [5.41, 5.74) is 0.136. The standard InChI is InChI=1S/C15H18BrNO5/c1-17(2)8-10(15(19)22-5)14(18)9-6-11(16)13(21-4)7-12(9)20-3/h6-8H,1-5H3. The Morgan fingerprint density at radius 2 is 1.68 bits per heavy atom. The predicted octanol–water partition coefficient (Wildman–Crippen LogP) is 2.27. The van der Waals surface area contributed by atoms with Crippen LogP contribution in [0.1, 0.15) is 10.4 Å². The van der Waals surface area contributed by atoms with E-state index in [0.29, 0.717) is 16.0 Å². The molecular formula is C15H18BrNO5. The number of methoxy groups -OCH3 is 3. The molecule has 0 atom stereocenters. The van der Waals surface area contributed by atoms with Gasteiger partial charge < -0.3 is 19.1 Å². The molecular weight excluding hydrogens is 354 g/mol. The summed E-state index contributed by atoms with van der Waals surface area (Å²) >= 11 is 3.31. The molecule has 120 valence electrons. The predicted molar refractivity (Wildman–Crippen MR) is 85.4 cm³/mol. The lowest BCUT2D eigenvalue weighted by Gasteiger charge is -2.14. The topological polar surface area (TPSA) is 65.1 Å². The number of esters is 1. The summed E-state index contributed by atoms with van der Waals surface area (Å²) in [5, 5.41) is 0. The number of hydrogen-bond acceptors (Lipinski definition) is 6. The van der Waals surface area contributed by atoms with Crippen LogP contribution in [0.2, 0.25) is 0 Å². The number of hydrogen-bond donors (Lipinski definition) is 0. The van der Waals surface area contributed by atoms with Gasteiger partial charge in [-0.25, -0.2) is 4.79 Å². The first-order chi connectivity index (χ1) is 10.3. The molecule has 0 aliphatic heterocycles. The lowest BCUT2D eigenvalue weighted by atomic mass is 10.0. The van der Waals surface area contributed by atoms with E-state index in [1.54, 1.807) is 31.1 Å². The Labute approximate surface area is 137 Å². The van der Waals surface area contributed by atoms with Gasteiger partial charge >= 0.3 is 5.97 Å². The Hall–Kier alpha value is -2.02. The number of ketones is 1. The minimum absolute atomic E-state index is 0.0946. The van der Waals surface area contributed by atoms with Gasteiger partial charge in [0.05, 0.1) is 31.4 Å². The van der Waals surface area contributed by atoms with E-state index in [4.69, 9.17) is 9.47 Å². The molecule has 0 spiro atoms. The third kappa shape index (κ3) is 4.00. The van der Waals surface area contributed by atoms with E-state index < -0.39 is 11.8 Å². The maximum atomic E-state index is 12.7. The molecule has 0 amide bonds. The van der Waals surface area contributed by atoms with Crippen molar-refractivity contribution in [2.24, 2.45) is 0 Å². The Morgan fingerprint density at radius 3 is 2.14 bits per heavy atom. The fourth-order valence-corrected chi connectivity index (χ4v) is 2.26. The molecule has 1 aromatic rings. The van der Waals surface area contributed by atoms with E-state index in [1.165, 1.54) is 27.5 Å². The normalized spacial score (nSPS) is 10.9. The molecule has 22 heavy (non-hydrogen) atoms. The highest BCUT2D eigenvalue weighted by atomic mass is 79.9. The fourth-order valence-electron chi connectivity index (χ4n) is 1.75. The van der Waals surface area contributed by atoms with Crippen LogP contribution in [-0.2, 0) is 9.53 Å². The van der Waals surface area contributed by atoms with Crippen LogP contribution in [0.5, 0.6) is 11.5 Å². The van der Waals surface area contributed by atoms with E-state index in [-0.39, 0.29) is 11.1 Å². The minimum atomic E-state index is -0.715. The van der Waals surface area contributed by atoms with Crippen LogP contribution >= 0.6 is 15.9 Å². The van der Waals surface area contributed by atoms with Crippen molar-refractivity contribution in [2.45, 2.75) is 0 Å². The van der Waals surface area contributed by atoms with Crippen LogP contribution in [0.3, 0.4) is 0 Å². The second-order valence-corrected chi connectivity index (χ2v) is 5.37. The number of carbonyl (C=O) groups excluding carboxylic acids is 2. The molecule has 0 unspecified atom stereocenters. The molecule has 0 aliphatic carbocycles. The number of ether oxygens (including phenoxy) is 3. The summed E-state index contributed by atoms with van der Waals surface area (Å²) < 4.78 is 15.6. The van der Waals surface area contributed by atoms with Gasteiger partial charge in [-0.1, -0.05) is 0 Å². The third-order valence-corrected chi connectivity index (χ3v) is 3.38. The van der Waals surface area contributed by atoms with Crippen LogP contribution in [-0.4, -0.2) is 52.1 Å². The first-order valence-corrected chi connectivity index (χ1v) is 7.07. The molecule has 1 aromatic carbocycles. The molecule has 0 heterocycles. The number of rotatable bonds is 6. The van der Waals surface area contributed by atoms with Gasteiger partial charge in [-0.05, 0) is 22.0 Å². The van der Waals surface area contributed by atoms with Crippen LogP contribution in [0.25, 0.3) is 0 Å².